The maximum atomic E-state index is 11.8. The monoisotopic (exact) mass is 243 g/mol. The SMILES string of the molecule is CCC(N)CC(=O)N1CCC(NC(=O)OC)C1. The molecule has 0 aliphatic carbocycles. The number of hydrogen-bond acceptors (Lipinski definition) is 4. The first-order chi connectivity index (χ1) is 8.06. The number of ether oxygens (including phenoxy) is 1. The Kier molecular flexibility index (Phi) is 5.21. The second-order valence-electron chi connectivity index (χ2n) is 4.33. The molecule has 1 heterocycles. The molecule has 1 saturated heterocycles. The third kappa shape index (κ3) is 4.22. The predicted molar refractivity (Wildman–Crippen MR) is 63.4 cm³/mol. The molecule has 6 nitrogen and oxygen atoms in total. The third-order valence-electron chi connectivity index (χ3n) is 3.01. The summed E-state index contributed by atoms with van der Waals surface area (Å²) >= 11 is 0. The average Bonchev–Trinajstić information content (AvgIpc) is 2.77. The summed E-state index contributed by atoms with van der Waals surface area (Å²) in [4.78, 5) is 24.6. The standard InChI is InChI=1S/C11H21N3O3/c1-3-8(12)6-10(15)14-5-4-9(7-14)13-11(16)17-2/h8-9H,3-7,12H2,1-2H3,(H,13,16). The summed E-state index contributed by atoms with van der Waals surface area (Å²) in [5, 5.41) is 2.69. The van der Waals surface area contributed by atoms with Gasteiger partial charge in [-0.25, -0.2) is 4.79 Å². The molecule has 3 N–H and O–H groups in total. The van der Waals surface area contributed by atoms with E-state index in [0.717, 1.165) is 12.8 Å². The highest BCUT2D eigenvalue weighted by Crippen LogP contribution is 2.11. The van der Waals surface area contributed by atoms with E-state index in [9.17, 15) is 9.59 Å². The molecule has 6 heteroatoms. The highest BCUT2D eigenvalue weighted by atomic mass is 16.5. The van der Waals surface area contributed by atoms with Crippen molar-refractivity contribution < 1.29 is 14.3 Å². The topological polar surface area (TPSA) is 84.7 Å². The van der Waals surface area contributed by atoms with E-state index in [4.69, 9.17) is 5.73 Å². The van der Waals surface area contributed by atoms with Crippen molar-refractivity contribution in [3.63, 3.8) is 0 Å². The summed E-state index contributed by atoms with van der Waals surface area (Å²) in [5.41, 5.74) is 5.74. The lowest BCUT2D eigenvalue weighted by atomic mass is 10.1. The second kappa shape index (κ2) is 6.44. The molecule has 2 atom stereocenters. The van der Waals surface area contributed by atoms with Crippen LogP contribution in [0.4, 0.5) is 4.79 Å². The van der Waals surface area contributed by atoms with Gasteiger partial charge in [-0.1, -0.05) is 6.92 Å². The summed E-state index contributed by atoms with van der Waals surface area (Å²) < 4.78 is 4.52. The first-order valence-electron chi connectivity index (χ1n) is 5.94. The molecule has 1 aliphatic heterocycles. The van der Waals surface area contributed by atoms with Gasteiger partial charge in [-0.05, 0) is 12.8 Å². The molecule has 0 radical (unpaired) electrons. The van der Waals surface area contributed by atoms with E-state index in [1.54, 1.807) is 4.90 Å². The molecule has 0 aromatic carbocycles. The number of rotatable bonds is 4. The van der Waals surface area contributed by atoms with E-state index < -0.39 is 6.09 Å². The fourth-order valence-corrected chi connectivity index (χ4v) is 1.83. The fourth-order valence-electron chi connectivity index (χ4n) is 1.83. The van der Waals surface area contributed by atoms with Crippen molar-refractivity contribution in [1.82, 2.24) is 10.2 Å². The van der Waals surface area contributed by atoms with Gasteiger partial charge in [0.1, 0.15) is 0 Å². The Morgan fingerprint density at radius 2 is 2.29 bits per heavy atom. The summed E-state index contributed by atoms with van der Waals surface area (Å²) in [5.74, 6) is 0.0634. The number of hydrogen-bond donors (Lipinski definition) is 2. The quantitative estimate of drug-likeness (QED) is 0.732. The van der Waals surface area contributed by atoms with Crippen LogP contribution in [0.1, 0.15) is 26.2 Å². The van der Waals surface area contributed by atoms with Crippen LogP contribution < -0.4 is 11.1 Å². The van der Waals surface area contributed by atoms with E-state index >= 15 is 0 Å². The van der Waals surface area contributed by atoms with Gasteiger partial charge in [-0.2, -0.15) is 0 Å². The van der Waals surface area contributed by atoms with Crippen molar-refractivity contribution in [2.24, 2.45) is 5.73 Å². The van der Waals surface area contributed by atoms with E-state index in [1.807, 2.05) is 6.92 Å². The van der Waals surface area contributed by atoms with Crippen molar-refractivity contribution in [2.75, 3.05) is 20.2 Å². The number of nitrogens with one attached hydrogen (secondary N) is 1. The van der Waals surface area contributed by atoms with Crippen LogP contribution in [0.3, 0.4) is 0 Å². The third-order valence-corrected chi connectivity index (χ3v) is 3.01. The maximum Gasteiger partial charge on any atom is 0.407 e. The second-order valence-corrected chi connectivity index (χ2v) is 4.33. The number of nitrogens with zero attached hydrogens (tertiary/aromatic N) is 1. The first-order valence-corrected chi connectivity index (χ1v) is 5.94. The molecule has 1 aliphatic rings. The van der Waals surface area contributed by atoms with E-state index in [1.165, 1.54) is 7.11 Å². The van der Waals surface area contributed by atoms with Crippen LogP contribution in [0.5, 0.6) is 0 Å². The van der Waals surface area contributed by atoms with Crippen molar-refractivity contribution in [2.45, 2.75) is 38.3 Å². The Balaban J connectivity index is 2.34. The predicted octanol–water partition coefficient (Wildman–Crippen LogP) is 0.0707. The molecule has 2 unspecified atom stereocenters. The summed E-state index contributed by atoms with van der Waals surface area (Å²) in [6, 6.07) is -0.0839. The molecule has 98 valence electrons. The minimum Gasteiger partial charge on any atom is -0.453 e. The minimum atomic E-state index is -0.449. The van der Waals surface area contributed by atoms with Gasteiger partial charge in [0.15, 0.2) is 0 Å². The Labute approximate surface area is 101 Å². The van der Waals surface area contributed by atoms with Gasteiger partial charge in [-0.3, -0.25) is 4.79 Å². The van der Waals surface area contributed by atoms with Gasteiger partial charge in [0.2, 0.25) is 5.91 Å². The van der Waals surface area contributed by atoms with Crippen LogP contribution in [-0.2, 0) is 9.53 Å². The number of alkyl carbamates (subject to hydrolysis) is 1. The number of amides is 2. The highest BCUT2D eigenvalue weighted by Gasteiger charge is 2.27. The Morgan fingerprint density at radius 1 is 1.59 bits per heavy atom. The van der Waals surface area contributed by atoms with Crippen LogP contribution in [0.25, 0.3) is 0 Å². The Morgan fingerprint density at radius 3 is 2.88 bits per heavy atom. The normalized spacial score (nSPS) is 21.1. The molecule has 0 aromatic rings. The fraction of sp³-hybridized carbons (Fsp3) is 0.818. The molecule has 2 amide bonds. The van der Waals surface area contributed by atoms with Crippen molar-refractivity contribution in [1.29, 1.82) is 0 Å². The van der Waals surface area contributed by atoms with Crippen LogP contribution in [-0.4, -0.2) is 49.2 Å². The minimum absolute atomic E-state index is 0.00995. The number of methoxy groups -OCH3 is 1. The van der Waals surface area contributed by atoms with E-state index in [0.29, 0.717) is 19.5 Å². The van der Waals surface area contributed by atoms with Crippen LogP contribution in [0, 0.1) is 0 Å². The number of nitrogens with two attached hydrogens (primary N) is 1. The first kappa shape index (κ1) is 13.8. The Hall–Kier alpha value is -1.30. The van der Waals surface area contributed by atoms with E-state index in [2.05, 4.69) is 10.1 Å². The molecule has 1 rings (SSSR count). The summed E-state index contributed by atoms with van der Waals surface area (Å²) in [6.45, 7) is 3.18. The summed E-state index contributed by atoms with van der Waals surface area (Å²) in [7, 11) is 1.33. The van der Waals surface area contributed by atoms with Gasteiger partial charge >= 0.3 is 6.09 Å². The summed E-state index contributed by atoms with van der Waals surface area (Å²) in [6.07, 6.45) is 1.49. The number of likely N-dealkylation sites (tertiary alicyclic amines) is 1. The number of carbonyl (C=O) groups is 2. The smallest absolute Gasteiger partial charge is 0.407 e. The van der Waals surface area contributed by atoms with Gasteiger partial charge in [-0.15, -0.1) is 0 Å². The molecule has 0 aromatic heterocycles. The molecular formula is C11H21N3O3. The Bertz CT molecular complexity index is 283. The molecule has 0 spiro atoms. The highest BCUT2D eigenvalue weighted by molar-refractivity contribution is 5.77. The van der Waals surface area contributed by atoms with Crippen LogP contribution in [0.15, 0.2) is 0 Å². The van der Waals surface area contributed by atoms with Crippen molar-refractivity contribution in [3.05, 3.63) is 0 Å². The molecule has 17 heavy (non-hydrogen) atoms. The largest absolute Gasteiger partial charge is 0.453 e. The van der Waals surface area contributed by atoms with Gasteiger partial charge in [0.05, 0.1) is 13.2 Å². The average molecular weight is 243 g/mol. The zero-order valence-electron chi connectivity index (χ0n) is 10.4. The van der Waals surface area contributed by atoms with Crippen molar-refractivity contribution >= 4 is 12.0 Å². The number of carbonyl (C=O) groups excluding carboxylic acids is 2. The zero-order valence-corrected chi connectivity index (χ0v) is 10.4. The zero-order chi connectivity index (χ0) is 12.8. The van der Waals surface area contributed by atoms with E-state index in [-0.39, 0.29) is 18.0 Å². The van der Waals surface area contributed by atoms with Gasteiger partial charge < -0.3 is 20.7 Å². The lowest BCUT2D eigenvalue weighted by Gasteiger charge is -2.18. The van der Waals surface area contributed by atoms with Crippen molar-refractivity contribution in [3.8, 4) is 0 Å². The molecule has 0 bridgehead atoms. The lowest BCUT2D eigenvalue weighted by molar-refractivity contribution is -0.130. The van der Waals surface area contributed by atoms with Crippen LogP contribution in [0.2, 0.25) is 0 Å². The molecule has 0 saturated carbocycles. The molecular weight excluding hydrogens is 222 g/mol. The van der Waals surface area contributed by atoms with Gasteiger partial charge in [0, 0.05) is 25.6 Å². The lowest BCUT2D eigenvalue weighted by Crippen LogP contribution is -2.39. The molecule has 1 fully saturated rings. The van der Waals surface area contributed by atoms with Gasteiger partial charge in [0.25, 0.3) is 0 Å². The maximum absolute atomic E-state index is 11.8. The van der Waals surface area contributed by atoms with Crippen LogP contribution >= 0.6 is 0 Å².